The van der Waals surface area contributed by atoms with Crippen molar-refractivity contribution in [3.05, 3.63) is 17.5 Å². The molecule has 0 aromatic carbocycles. The van der Waals surface area contributed by atoms with E-state index in [9.17, 15) is 13.2 Å². The first-order chi connectivity index (χ1) is 7.50. The molecule has 0 amide bonds. The summed E-state index contributed by atoms with van der Waals surface area (Å²) in [5, 5.41) is 8.61. The van der Waals surface area contributed by atoms with E-state index in [4.69, 9.17) is 0 Å². The molecule has 1 aliphatic rings. The standard InChI is InChI=1S/C9H13F3N4/c1-16-3-2-13-5-7(16)6-4-14-15-8(6)9(10,11)12/h4,7,13H,2-3,5H2,1H3,(H,14,15). The van der Waals surface area contributed by atoms with Gasteiger partial charge in [0.1, 0.15) is 5.69 Å². The Morgan fingerprint density at radius 3 is 2.88 bits per heavy atom. The first-order valence-corrected chi connectivity index (χ1v) is 5.01. The van der Waals surface area contributed by atoms with Crippen LogP contribution in [0.2, 0.25) is 0 Å². The maximum Gasteiger partial charge on any atom is 0.433 e. The largest absolute Gasteiger partial charge is 0.433 e. The predicted molar refractivity (Wildman–Crippen MR) is 51.8 cm³/mol. The number of likely N-dealkylation sites (N-methyl/N-ethyl adjacent to an activating group) is 1. The van der Waals surface area contributed by atoms with Crippen LogP contribution in [0.15, 0.2) is 6.20 Å². The Morgan fingerprint density at radius 1 is 1.50 bits per heavy atom. The Hall–Kier alpha value is -1.08. The molecular weight excluding hydrogens is 221 g/mol. The highest BCUT2D eigenvalue weighted by Gasteiger charge is 2.38. The molecule has 4 nitrogen and oxygen atoms in total. The number of aromatic nitrogens is 2. The van der Waals surface area contributed by atoms with E-state index in [0.29, 0.717) is 6.54 Å². The Bertz CT molecular complexity index is 360. The minimum absolute atomic E-state index is 0.210. The van der Waals surface area contributed by atoms with Crippen LogP contribution in [0, 0.1) is 0 Å². The van der Waals surface area contributed by atoms with E-state index in [1.807, 2.05) is 17.0 Å². The number of hydrogen-bond donors (Lipinski definition) is 2. The molecule has 1 aromatic heterocycles. The van der Waals surface area contributed by atoms with Gasteiger partial charge in [0, 0.05) is 25.2 Å². The average Bonchev–Trinajstić information content (AvgIpc) is 2.66. The van der Waals surface area contributed by atoms with Crippen molar-refractivity contribution in [2.45, 2.75) is 12.2 Å². The highest BCUT2D eigenvalue weighted by atomic mass is 19.4. The number of piperazine rings is 1. The van der Waals surface area contributed by atoms with Crippen molar-refractivity contribution in [1.29, 1.82) is 0 Å². The van der Waals surface area contributed by atoms with Gasteiger partial charge in [0.25, 0.3) is 0 Å². The number of alkyl halides is 3. The summed E-state index contributed by atoms with van der Waals surface area (Å²) in [6, 6.07) is -0.274. The summed E-state index contributed by atoms with van der Waals surface area (Å²) in [7, 11) is 1.82. The van der Waals surface area contributed by atoms with Gasteiger partial charge in [-0.2, -0.15) is 18.3 Å². The van der Waals surface area contributed by atoms with Gasteiger partial charge in [0.15, 0.2) is 0 Å². The molecule has 2 N–H and O–H groups in total. The number of nitrogens with zero attached hydrogens (tertiary/aromatic N) is 2. The number of hydrogen-bond acceptors (Lipinski definition) is 3. The normalized spacial score (nSPS) is 23.6. The van der Waals surface area contributed by atoms with Crippen molar-refractivity contribution in [2.24, 2.45) is 0 Å². The van der Waals surface area contributed by atoms with Crippen LogP contribution in [-0.4, -0.2) is 41.8 Å². The summed E-state index contributed by atoms with van der Waals surface area (Å²) in [4.78, 5) is 1.90. The summed E-state index contributed by atoms with van der Waals surface area (Å²) in [5.41, 5.74) is -0.532. The minimum Gasteiger partial charge on any atom is -0.314 e. The zero-order chi connectivity index (χ0) is 11.8. The van der Waals surface area contributed by atoms with Gasteiger partial charge in [0.05, 0.1) is 12.2 Å². The molecule has 1 unspecified atom stereocenters. The van der Waals surface area contributed by atoms with Crippen molar-refractivity contribution in [1.82, 2.24) is 20.4 Å². The molecule has 16 heavy (non-hydrogen) atoms. The van der Waals surface area contributed by atoms with Crippen LogP contribution in [0.4, 0.5) is 13.2 Å². The lowest BCUT2D eigenvalue weighted by molar-refractivity contribution is -0.142. The lowest BCUT2D eigenvalue weighted by atomic mass is 10.0. The van der Waals surface area contributed by atoms with Gasteiger partial charge < -0.3 is 5.32 Å². The van der Waals surface area contributed by atoms with Gasteiger partial charge in [0.2, 0.25) is 0 Å². The van der Waals surface area contributed by atoms with Crippen LogP contribution in [0.3, 0.4) is 0 Å². The van der Waals surface area contributed by atoms with Crippen LogP contribution in [0.5, 0.6) is 0 Å². The van der Waals surface area contributed by atoms with E-state index in [2.05, 4.69) is 10.4 Å². The monoisotopic (exact) mass is 234 g/mol. The molecule has 0 bridgehead atoms. The molecular formula is C9H13F3N4. The van der Waals surface area contributed by atoms with Gasteiger partial charge in [-0.3, -0.25) is 10.00 Å². The number of nitrogens with one attached hydrogen (secondary N) is 2. The summed E-state index contributed by atoms with van der Waals surface area (Å²) in [6.45, 7) is 2.04. The van der Waals surface area contributed by atoms with Crippen LogP contribution in [-0.2, 0) is 6.18 Å². The van der Waals surface area contributed by atoms with Crippen LogP contribution in [0.25, 0.3) is 0 Å². The summed E-state index contributed by atoms with van der Waals surface area (Å²) in [6.07, 6.45) is -3.11. The zero-order valence-electron chi connectivity index (χ0n) is 8.80. The molecule has 0 aliphatic carbocycles. The summed E-state index contributed by atoms with van der Waals surface area (Å²) in [5.74, 6) is 0. The van der Waals surface area contributed by atoms with Crippen molar-refractivity contribution in [3.63, 3.8) is 0 Å². The second-order valence-electron chi connectivity index (χ2n) is 3.90. The second-order valence-corrected chi connectivity index (χ2v) is 3.90. The highest BCUT2D eigenvalue weighted by Crippen LogP contribution is 2.34. The van der Waals surface area contributed by atoms with Gasteiger partial charge in [-0.1, -0.05) is 0 Å². The molecule has 1 fully saturated rings. The Labute approximate surface area is 90.8 Å². The number of rotatable bonds is 1. The third-order valence-electron chi connectivity index (χ3n) is 2.82. The zero-order valence-corrected chi connectivity index (χ0v) is 8.80. The lowest BCUT2D eigenvalue weighted by Crippen LogP contribution is -2.44. The molecule has 2 heterocycles. The fourth-order valence-corrected chi connectivity index (χ4v) is 1.93. The number of H-pyrrole nitrogens is 1. The van der Waals surface area contributed by atoms with Crippen molar-refractivity contribution in [3.8, 4) is 0 Å². The first kappa shape index (κ1) is 11.4. The van der Waals surface area contributed by atoms with E-state index >= 15 is 0 Å². The van der Waals surface area contributed by atoms with Crippen LogP contribution < -0.4 is 5.32 Å². The maximum absolute atomic E-state index is 12.7. The van der Waals surface area contributed by atoms with E-state index in [1.165, 1.54) is 6.20 Å². The van der Waals surface area contributed by atoms with Crippen molar-refractivity contribution < 1.29 is 13.2 Å². The van der Waals surface area contributed by atoms with Gasteiger partial charge in [-0.25, -0.2) is 0 Å². The van der Waals surface area contributed by atoms with Crippen LogP contribution in [0.1, 0.15) is 17.3 Å². The molecule has 7 heteroatoms. The fraction of sp³-hybridized carbons (Fsp3) is 0.667. The smallest absolute Gasteiger partial charge is 0.314 e. The highest BCUT2D eigenvalue weighted by molar-refractivity contribution is 5.24. The SMILES string of the molecule is CN1CCNCC1c1cn[nH]c1C(F)(F)F. The minimum atomic E-state index is -4.37. The molecule has 90 valence electrons. The van der Waals surface area contributed by atoms with E-state index in [1.54, 1.807) is 0 Å². The third-order valence-corrected chi connectivity index (χ3v) is 2.82. The van der Waals surface area contributed by atoms with E-state index in [0.717, 1.165) is 13.1 Å². The van der Waals surface area contributed by atoms with Gasteiger partial charge in [-0.05, 0) is 7.05 Å². The molecule has 2 rings (SSSR count). The Kier molecular flexibility index (Phi) is 2.90. The summed E-state index contributed by atoms with van der Waals surface area (Å²) < 4.78 is 38.0. The molecule has 0 spiro atoms. The second kappa shape index (κ2) is 4.06. The molecule has 1 aliphatic heterocycles. The summed E-state index contributed by atoms with van der Waals surface area (Å²) >= 11 is 0. The fourth-order valence-electron chi connectivity index (χ4n) is 1.93. The molecule has 0 radical (unpaired) electrons. The Balaban J connectivity index is 2.29. The molecule has 1 atom stereocenters. The topological polar surface area (TPSA) is 44.0 Å². The van der Waals surface area contributed by atoms with Gasteiger partial charge in [-0.15, -0.1) is 0 Å². The predicted octanol–water partition coefficient (Wildman–Crippen LogP) is 1.00. The Morgan fingerprint density at radius 2 is 2.25 bits per heavy atom. The van der Waals surface area contributed by atoms with E-state index in [-0.39, 0.29) is 11.6 Å². The van der Waals surface area contributed by atoms with Crippen molar-refractivity contribution in [2.75, 3.05) is 26.7 Å². The van der Waals surface area contributed by atoms with Crippen LogP contribution >= 0.6 is 0 Å². The lowest BCUT2D eigenvalue weighted by Gasteiger charge is -2.33. The quantitative estimate of drug-likeness (QED) is 0.762. The first-order valence-electron chi connectivity index (χ1n) is 5.01. The third kappa shape index (κ3) is 2.05. The molecule has 1 aromatic rings. The average molecular weight is 234 g/mol. The molecule has 1 saturated heterocycles. The number of aromatic amines is 1. The van der Waals surface area contributed by atoms with E-state index < -0.39 is 11.9 Å². The van der Waals surface area contributed by atoms with Gasteiger partial charge >= 0.3 is 6.18 Å². The number of halogens is 3. The molecule has 0 saturated carbocycles. The maximum atomic E-state index is 12.7. The van der Waals surface area contributed by atoms with Crippen molar-refractivity contribution >= 4 is 0 Å².